The Morgan fingerprint density at radius 3 is 2.38 bits per heavy atom. The van der Waals surface area contributed by atoms with Crippen molar-refractivity contribution in [3.8, 4) is 0 Å². The van der Waals surface area contributed by atoms with Gasteiger partial charge in [-0.25, -0.2) is 0 Å². The van der Waals surface area contributed by atoms with E-state index in [9.17, 15) is 8.42 Å². The van der Waals surface area contributed by atoms with Crippen LogP contribution in [0.5, 0.6) is 0 Å². The van der Waals surface area contributed by atoms with E-state index in [1.807, 2.05) is 19.1 Å². The predicted octanol–water partition coefficient (Wildman–Crippen LogP) is 8.97. The molecule has 212 valence electrons. The van der Waals surface area contributed by atoms with E-state index in [2.05, 4.69) is 71.9 Å². The van der Waals surface area contributed by atoms with E-state index in [1.54, 1.807) is 17.7 Å². The fourth-order valence-electron chi connectivity index (χ4n) is 7.97. The van der Waals surface area contributed by atoms with Gasteiger partial charge in [-0.05, 0) is 104 Å². The number of rotatable bonds is 7. The van der Waals surface area contributed by atoms with Gasteiger partial charge in [0.1, 0.15) is 0 Å². The van der Waals surface area contributed by atoms with E-state index in [-0.39, 0.29) is 16.4 Å². The number of allylic oxidation sites excluding steroid dienone is 7. The quantitative estimate of drug-likeness (QED) is 0.252. The van der Waals surface area contributed by atoms with Crippen LogP contribution < -0.4 is 0 Å². The Hall–Kier alpha value is -1.91. The maximum absolute atomic E-state index is 13.0. The van der Waals surface area contributed by atoms with Gasteiger partial charge in [-0.3, -0.25) is 4.18 Å². The van der Waals surface area contributed by atoms with Crippen LogP contribution in [0.2, 0.25) is 0 Å². The normalized spacial score (nSPS) is 34.1. The van der Waals surface area contributed by atoms with Crippen molar-refractivity contribution in [2.24, 2.45) is 40.4 Å². The third-order valence-electron chi connectivity index (χ3n) is 11.0. The zero-order valence-electron chi connectivity index (χ0n) is 25.0. The molecule has 1 aromatic carbocycles. The van der Waals surface area contributed by atoms with Crippen LogP contribution in [0, 0.1) is 47.3 Å². The summed E-state index contributed by atoms with van der Waals surface area (Å²) in [7, 11) is -3.77. The minimum absolute atomic E-state index is 0.0187. The van der Waals surface area contributed by atoms with Crippen LogP contribution in [0.3, 0.4) is 0 Å². The molecule has 4 aliphatic rings. The summed E-state index contributed by atoms with van der Waals surface area (Å²) in [6, 6.07) is 6.94. The van der Waals surface area contributed by atoms with E-state index >= 15 is 0 Å². The van der Waals surface area contributed by atoms with E-state index in [1.165, 1.54) is 24.0 Å². The number of aryl methyl sites for hydroxylation is 1. The van der Waals surface area contributed by atoms with Gasteiger partial charge in [0.25, 0.3) is 10.1 Å². The van der Waals surface area contributed by atoms with Gasteiger partial charge in [0.2, 0.25) is 0 Å². The highest BCUT2D eigenvalue weighted by Gasteiger charge is 2.54. The summed E-state index contributed by atoms with van der Waals surface area (Å²) in [5, 5.41) is 0. The monoisotopic (exact) mass is 548 g/mol. The highest BCUT2D eigenvalue weighted by atomic mass is 32.2. The Kier molecular flexibility index (Phi) is 7.70. The highest BCUT2D eigenvalue weighted by molar-refractivity contribution is 7.86. The molecular formula is C35H48O3S. The molecule has 4 heteroatoms. The maximum Gasteiger partial charge on any atom is 0.297 e. The first-order valence-electron chi connectivity index (χ1n) is 15.2. The third-order valence-corrected chi connectivity index (χ3v) is 12.4. The van der Waals surface area contributed by atoms with Crippen LogP contribution in [0.25, 0.3) is 0 Å². The molecule has 0 saturated heterocycles. The van der Waals surface area contributed by atoms with Crippen molar-refractivity contribution in [1.29, 1.82) is 0 Å². The first-order chi connectivity index (χ1) is 18.3. The number of benzene rings is 1. The van der Waals surface area contributed by atoms with Crippen molar-refractivity contribution in [3.63, 3.8) is 0 Å². The minimum atomic E-state index is -3.77. The van der Waals surface area contributed by atoms with Gasteiger partial charge in [0.05, 0.1) is 11.0 Å². The molecule has 1 unspecified atom stereocenters. The summed E-state index contributed by atoms with van der Waals surface area (Å²) >= 11 is 0. The SMILES string of the molecule is Cc1ccc(S(=O)(=O)OC2CC[C@@]3(C)C(=CC=C4C3=CC[C@]3(C)[C@@H]([C@H](C)/C=C/[C@H](C)C(C)C)CC[C@@H]43)C2)cc1. The summed E-state index contributed by atoms with van der Waals surface area (Å²) in [6.07, 6.45) is 17.9. The van der Waals surface area contributed by atoms with Gasteiger partial charge < -0.3 is 0 Å². The second-order valence-corrected chi connectivity index (χ2v) is 15.4. The summed E-state index contributed by atoms with van der Waals surface area (Å²) in [5.74, 6) is 3.19. The van der Waals surface area contributed by atoms with Crippen LogP contribution in [-0.2, 0) is 14.3 Å². The highest BCUT2D eigenvalue weighted by Crippen LogP contribution is 2.64. The molecule has 0 aromatic heterocycles. The van der Waals surface area contributed by atoms with Gasteiger partial charge in [-0.2, -0.15) is 8.42 Å². The Morgan fingerprint density at radius 2 is 1.69 bits per heavy atom. The molecule has 0 N–H and O–H groups in total. The fourth-order valence-corrected chi connectivity index (χ4v) is 9.07. The molecule has 3 nitrogen and oxygen atoms in total. The lowest BCUT2D eigenvalue weighted by molar-refractivity contribution is 0.130. The summed E-state index contributed by atoms with van der Waals surface area (Å²) < 4.78 is 31.7. The molecule has 0 spiro atoms. The van der Waals surface area contributed by atoms with E-state index in [0.717, 1.165) is 24.8 Å². The second kappa shape index (κ2) is 10.5. The molecular weight excluding hydrogens is 500 g/mol. The average Bonchev–Trinajstić information content (AvgIpc) is 3.24. The van der Waals surface area contributed by atoms with Crippen LogP contribution >= 0.6 is 0 Å². The standard InChI is InChI=1S/C35H48O3S/c1-23(2)25(4)10-11-26(5)31-16-17-32-30-15-12-27-22-28(38-39(36,37)29-13-8-24(3)9-14-29)18-20-34(27,6)33(30)19-21-35(31,32)7/h8-15,19,23,25-26,28,31-32H,16-18,20-22H2,1-7H3/b11-10+/t25-,26+,28?,31+,32-,34-,35+/m0/s1. The Labute approximate surface area is 237 Å². The minimum Gasteiger partial charge on any atom is -0.263 e. The molecule has 2 saturated carbocycles. The Morgan fingerprint density at radius 1 is 0.974 bits per heavy atom. The van der Waals surface area contributed by atoms with Gasteiger partial charge >= 0.3 is 0 Å². The number of hydrogen-bond donors (Lipinski definition) is 0. The molecule has 0 heterocycles. The Bertz CT molecular complexity index is 1310. The van der Waals surface area contributed by atoms with E-state index in [4.69, 9.17) is 4.18 Å². The first kappa shape index (κ1) is 28.6. The molecule has 1 aromatic rings. The first-order valence-corrected chi connectivity index (χ1v) is 16.6. The number of fused-ring (bicyclic) bond motifs is 5. The van der Waals surface area contributed by atoms with E-state index < -0.39 is 10.1 Å². The summed E-state index contributed by atoms with van der Waals surface area (Å²) in [4.78, 5) is 0.244. The lowest BCUT2D eigenvalue weighted by Gasteiger charge is -2.50. The van der Waals surface area contributed by atoms with Gasteiger partial charge in [-0.1, -0.05) is 95.2 Å². The molecule has 0 amide bonds. The zero-order chi connectivity index (χ0) is 28.2. The zero-order valence-corrected chi connectivity index (χ0v) is 25.9. The van der Waals surface area contributed by atoms with Crippen LogP contribution in [-0.4, -0.2) is 14.5 Å². The van der Waals surface area contributed by atoms with Gasteiger partial charge in [0.15, 0.2) is 0 Å². The van der Waals surface area contributed by atoms with Crippen molar-refractivity contribution < 1.29 is 12.6 Å². The average molecular weight is 549 g/mol. The van der Waals surface area contributed by atoms with Crippen molar-refractivity contribution in [2.75, 3.05) is 0 Å². The largest absolute Gasteiger partial charge is 0.297 e. The fraction of sp³-hybridized carbons (Fsp3) is 0.600. The summed E-state index contributed by atoms with van der Waals surface area (Å²) in [6.45, 7) is 16.3. The third kappa shape index (κ3) is 5.17. The molecule has 0 aliphatic heterocycles. The lowest BCUT2D eigenvalue weighted by atomic mass is 9.54. The molecule has 0 radical (unpaired) electrons. The smallest absolute Gasteiger partial charge is 0.263 e. The molecule has 39 heavy (non-hydrogen) atoms. The van der Waals surface area contributed by atoms with Crippen molar-refractivity contribution in [2.45, 2.75) is 98.0 Å². The van der Waals surface area contributed by atoms with Crippen LogP contribution in [0.1, 0.15) is 85.6 Å². The van der Waals surface area contributed by atoms with Crippen LogP contribution in [0.4, 0.5) is 0 Å². The van der Waals surface area contributed by atoms with Gasteiger partial charge in [-0.15, -0.1) is 0 Å². The molecule has 2 fully saturated rings. The Balaban J connectivity index is 1.34. The molecule has 7 atom stereocenters. The topological polar surface area (TPSA) is 43.4 Å². The lowest BCUT2D eigenvalue weighted by Crippen LogP contribution is -2.41. The van der Waals surface area contributed by atoms with Crippen molar-refractivity contribution >= 4 is 10.1 Å². The summed E-state index contributed by atoms with van der Waals surface area (Å²) in [5.41, 5.74) is 5.70. The molecule has 5 rings (SSSR count). The van der Waals surface area contributed by atoms with Crippen molar-refractivity contribution in [1.82, 2.24) is 0 Å². The molecule has 0 bridgehead atoms. The van der Waals surface area contributed by atoms with E-state index in [0.29, 0.717) is 41.4 Å². The maximum atomic E-state index is 13.0. The predicted molar refractivity (Wildman–Crippen MR) is 161 cm³/mol. The second-order valence-electron chi connectivity index (χ2n) is 13.8. The van der Waals surface area contributed by atoms with Crippen LogP contribution in [0.15, 0.2) is 76.3 Å². The van der Waals surface area contributed by atoms with Crippen molar-refractivity contribution in [3.05, 3.63) is 76.9 Å². The number of hydrogen-bond acceptors (Lipinski definition) is 3. The molecule has 4 aliphatic carbocycles. The van der Waals surface area contributed by atoms with Gasteiger partial charge in [0, 0.05) is 5.41 Å².